The van der Waals surface area contributed by atoms with Crippen molar-refractivity contribution in [1.82, 2.24) is 10.3 Å². The number of pyridine rings is 1. The van der Waals surface area contributed by atoms with Gasteiger partial charge in [-0.15, -0.1) is 0 Å². The van der Waals surface area contributed by atoms with Gasteiger partial charge in [0.25, 0.3) is 5.69 Å². The Morgan fingerprint density at radius 2 is 1.95 bits per heavy atom. The summed E-state index contributed by atoms with van der Waals surface area (Å²) in [6, 6.07) is 16.4. The Morgan fingerprint density at radius 3 is 2.68 bits per heavy atom. The number of aromatic nitrogens is 1. The van der Waals surface area contributed by atoms with E-state index in [1.54, 1.807) is 32.5 Å². The molecule has 3 aromatic rings. The lowest BCUT2D eigenvalue weighted by atomic mass is 9.83. The normalized spacial score (nSPS) is 18.3. The number of nitrogens with one attached hydrogen (secondary N) is 1. The van der Waals surface area contributed by atoms with Crippen molar-refractivity contribution in [3.05, 3.63) is 82.0 Å². The van der Waals surface area contributed by atoms with Crippen LogP contribution in [0.5, 0.6) is 11.5 Å². The number of nitro groups is 1. The van der Waals surface area contributed by atoms with E-state index in [1.807, 2.05) is 42.5 Å². The van der Waals surface area contributed by atoms with Crippen LogP contribution >= 0.6 is 0 Å². The lowest BCUT2D eigenvalue weighted by Gasteiger charge is -2.49. The third-order valence-electron chi connectivity index (χ3n) is 7.38. The summed E-state index contributed by atoms with van der Waals surface area (Å²) in [5.74, 6) is 1.77. The molecule has 10 nitrogen and oxygen atoms in total. The monoisotopic (exact) mass is 517 g/mol. The van der Waals surface area contributed by atoms with Crippen LogP contribution in [0.2, 0.25) is 0 Å². The van der Waals surface area contributed by atoms with Crippen molar-refractivity contribution in [2.45, 2.75) is 18.9 Å². The molecule has 2 aliphatic heterocycles. The zero-order valence-electron chi connectivity index (χ0n) is 21.5. The smallest absolute Gasteiger partial charge is 0.269 e. The highest BCUT2D eigenvalue weighted by atomic mass is 16.6. The fraction of sp³-hybridized carbons (Fsp3) is 0.357. The molecule has 0 saturated carbocycles. The summed E-state index contributed by atoms with van der Waals surface area (Å²) in [5, 5.41) is 14.5. The van der Waals surface area contributed by atoms with Gasteiger partial charge in [-0.05, 0) is 54.3 Å². The molecular formula is C28H31N5O5. The number of piperazine rings is 1. The standard InChI is InChI=1S/C28H31N5O5/c1-37-25-9-6-19(15-26(25)38-2)10-12-30-28(34)22-17-20-16-21(33(35)36)7-8-23(20)32-14-13-31(18-24(22)32)27-5-3-4-11-29-27/h3-9,11,15-16,22,24H,10,12-14,17-18H2,1-2H3,(H,30,34). The van der Waals surface area contributed by atoms with Crippen LogP contribution in [0, 0.1) is 16.0 Å². The molecule has 198 valence electrons. The molecule has 1 saturated heterocycles. The molecule has 10 heteroatoms. The number of nitrogens with zero attached hydrogens (tertiary/aromatic N) is 4. The van der Waals surface area contributed by atoms with Gasteiger partial charge in [0.15, 0.2) is 11.5 Å². The van der Waals surface area contributed by atoms with E-state index in [-0.39, 0.29) is 28.5 Å². The Balaban J connectivity index is 1.35. The van der Waals surface area contributed by atoms with E-state index >= 15 is 0 Å². The Labute approximate surface area is 221 Å². The van der Waals surface area contributed by atoms with Gasteiger partial charge in [0, 0.05) is 50.2 Å². The number of carbonyl (C=O) groups excluding carboxylic acids is 1. The van der Waals surface area contributed by atoms with Crippen LogP contribution in [-0.2, 0) is 17.6 Å². The first-order valence-electron chi connectivity index (χ1n) is 12.7. The minimum atomic E-state index is -0.385. The number of benzene rings is 2. The van der Waals surface area contributed by atoms with E-state index in [1.165, 1.54) is 0 Å². The Bertz CT molecular complexity index is 1320. The predicted molar refractivity (Wildman–Crippen MR) is 144 cm³/mol. The maximum Gasteiger partial charge on any atom is 0.269 e. The Hall–Kier alpha value is -4.34. The summed E-state index contributed by atoms with van der Waals surface area (Å²) in [6.07, 6.45) is 2.85. The number of carbonyl (C=O) groups is 1. The van der Waals surface area contributed by atoms with Crippen LogP contribution in [0.4, 0.5) is 17.2 Å². The van der Waals surface area contributed by atoms with Crippen molar-refractivity contribution in [3.8, 4) is 11.5 Å². The largest absolute Gasteiger partial charge is 0.493 e. The van der Waals surface area contributed by atoms with Crippen molar-refractivity contribution in [2.75, 3.05) is 50.2 Å². The van der Waals surface area contributed by atoms with Gasteiger partial charge in [-0.2, -0.15) is 0 Å². The fourth-order valence-corrected chi connectivity index (χ4v) is 5.47. The lowest BCUT2D eigenvalue weighted by Crippen LogP contribution is -2.61. The number of rotatable bonds is 8. The molecule has 0 aliphatic carbocycles. The van der Waals surface area contributed by atoms with Gasteiger partial charge < -0.3 is 24.6 Å². The number of hydrogen-bond acceptors (Lipinski definition) is 8. The summed E-state index contributed by atoms with van der Waals surface area (Å²) >= 11 is 0. The third-order valence-corrected chi connectivity index (χ3v) is 7.38. The van der Waals surface area contributed by atoms with Gasteiger partial charge >= 0.3 is 0 Å². The first kappa shape index (κ1) is 25.3. The lowest BCUT2D eigenvalue weighted by molar-refractivity contribution is -0.384. The Morgan fingerprint density at radius 1 is 1.11 bits per heavy atom. The van der Waals surface area contributed by atoms with E-state index in [4.69, 9.17) is 9.47 Å². The van der Waals surface area contributed by atoms with E-state index < -0.39 is 0 Å². The number of ether oxygens (including phenoxy) is 2. The summed E-state index contributed by atoms with van der Waals surface area (Å²) < 4.78 is 10.7. The van der Waals surface area contributed by atoms with Crippen molar-refractivity contribution in [2.24, 2.45) is 5.92 Å². The van der Waals surface area contributed by atoms with Gasteiger partial charge in [-0.1, -0.05) is 12.1 Å². The van der Waals surface area contributed by atoms with Crippen molar-refractivity contribution >= 4 is 23.1 Å². The number of nitro benzene ring substituents is 1. The number of anilines is 2. The zero-order chi connectivity index (χ0) is 26.6. The van der Waals surface area contributed by atoms with E-state index in [0.29, 0.717) is 44.0 Å². The van der Waals surface area contributed by atoms with Gasteiger partial charge in [0.05, 0.1) is 31.1 Å². The minimum absolute atomic E-state index is 0.0435. The van der Waals surface area contributed by atoms with Gasteiger partial charge in [0.1, 0.15) is 5.82 Å². The van der Waals surface area contributed by atoms with Crippen molar-refractivity contribution in [1.29, 1.82) is 0 Å². The van der Waals surface area contributed by atoms with Crippen LogP contribution in [-0.4, -0.2) is 62.3 Å². The molecule has 5 rings (SSSR count). The molecule has 0 radical (unpaired) electrons. The van der Waals surface area contributed by atoms with Gasteiger partial charge in [-0.25, -0.2) is 4.98 Å². The number of fused-ring (bicyclic) bond motifs is 3. The topological polar surface area (TPSA) is 110 Å². The highest BCUT2D eigenvalue weighted by molar-refractivity contribution is 5.82. The highest BCUT2D eigenvalue weighted by Gasteiger charge is 2.42. The first-order chi connectivity index (χ1) is 18.5. The summed E-state index contributed by atoms with van der Waals surface area (Å²) in [5.41, 5.74) is 2.87. The molecule has 1 fully saturated rings. The molecule has 2 aromatic carbocycles. The summed E-state index contributed by atoms with van der Waals surface area (Å²) in [7, 11) is 3.19. The fourth-order valence-electron chi connectivity index (χ4n) is 5.47. The van der Waals surface area contributed by atoms with Gasteiger partial charge in [-0.3, -0.25) is 14.9 Å². The average Bonchev–Trinajstić information content (AvgIpc) is 2.96. The highest BCUT2D eigenvalue weighted by Crippen LogP contribution is 2.38. The van der Waals surface area contributed by atoms with Crippen LogP contribution in [0.3, 0.4) is 0 Å². The second-order valence-corrected chi connectivity index (χ2v) is 9.51. The average molecular weight is 518 g/mol. The van der Waals surface area contributed by atoms with E-state index in [2.05, 4.69) is 20.1 Å². The number of amides is 1. The molecule has 1 amide bonds. The van der Waals surface area contributed by atoms with E-state index in [0.717, 1.165) is 29.2 Å². The molecule has 1 N–H and O–H groups in total. The molecule has 1 aromatic heterocycles. The molecule has 38 heavy (non-hydrogen) atoms. The van der Waals surface area contributed by atoms with Crippen LogP contribution < -0.4 is 24.6 Å². The third kappa shape index (κ3) is 5.06. The maximum atomic E-state index is 13.6. The molecular weight excluding hydrogens is 486 g/mol. The summed E-state index contributed by atoms with van der Waals surface area (Å²) in [6.45, 7) is 2.55. The number of hydrogen-bond donors (Lipinski definition) is 1. The quantitative estimate of drug-likeness (QED) is 0.358. The molecule has 2 atom stereocenters. The van der Waals surface area contributed by atoms with Gasteiger partial charge in [0.2, 0.25) is 5.91 Å². The molecule has 2 aliphatic rings. The van der Waals surface area contributed by atoms with Crippen molar-refractivity contribution < 1.29 is 19.2 Å². The zero-order valence-corrected chi connectivity index (χ0v) is 21.5. The summed E-state index contributed by atoms with van der Waals surface area (Å²) in [4.78, 5) is 33.6. The van der Waals surface area contributed by atoms with Crippen LogP contribution in [0.1, 0.15) is 11.1 Å². The SMILES string of the molecule is COc1ccc(CCNC(=O)C2Cc3cc([N+](=O)[O-])ccc3N3CCN(c4ccccn4)CC23)cc1OC. The maximum absolute atomic E-state index is 13.6. The predicted octanol–water partition coefficient (Wildman–Crippen LogP) is 3.23. The molecule has 0 spiro atoms. The second-order valence-electron chi connectivity index (χ2n) is 9.51. The second kappa shape index (κ2) is 11.0. The number of methoxy groups -OCH3 is 2. The molecule has 0 bridgehead atoms. The Kier molecular flexibility index (Phi) is 7.30. The minimum Gasteiger partial charge on any atom is -0.493 e. The number of non-ortho nitro benzene ring substituents is 1. The van der Waals surface area contributed by atoms with Crippen LogP contribution in [0.25, 0.3) is 0 Å². The first-order valence-corrected chi connectivity index (χ1v) is 12.7. The van der Waals surface area contributed by atoms with E-state index in [9.17, 15) is 14.9 Å². The molecule has 3 heterocycles. The molecule has 2 unspecified atom stereocenters. The van der Waals surface area contributed by atoms with Crippen LogP contribution in [0.15, 0.2) is 60.8 Å². The van der Waals surface area contributed by atoms with Crippen molar-refractivity contribution in [3.63, 3.8) is 0 Å².